The number of aromatic amines is 2. The summed E-state index contributed by atoms with van der Waals surface area (Å²) in [4.78, 5) is 28.3. The molecule has 2 aromatic carbocycles. The maximum Gasteiger partial charge on any atom is 0.314 e. The molecule has 3 rings (SSSR count). The molecule has 0 bridgehead atoms. The summed E-state index contributed by atoms with van der Waals surface area (Å²) >= 11 is 1.51. The molecule has 0 unspecified atom stereocenters. The molecule has 0 aliphatic rings. The van der Waals surface area contributed by atoms with Crippen LogP contribution in [-0.2, 0) is 10.0 Å². The molecule has 0 aliphatic heterocycles. The van der Waals surface area contributed by atoms with E-state index in [-0.39, 0.29) is 22.8 Å². The lowest BCUT2D eigenvalue weighted by atomic mass is 10.3. The van der Waals surface area contributed by atoms with Crippen molar-refractivity contribution in [2.45, 2.75) is 16.2 Å². The van der Waals surface area contributed by atoms with Gasteiger partial charge in [-0.05, 0) is 54.6 Å². The second-order valence-corrected chi connectivity index (χ2v) is 8.60. The van der Waals surface area contributed by atoms with Crippen LogP contribution in [0, 0.1) is 5.82 Å². The van der Waals surface area contributed by atoms with Crippen molar-refractivity contribution in [3.05, 3.63) is 69.0 Å². The smallest absolute Gasteiger partial charge is 0.314 e. The molecule has 0 saturated heterocycles. The van der Waals surface area contributed by atoms with Gasteiger partial charge in [0.2, 0.25) is 10.0 Å². The lowest BCUT2D eigenvalue weighted by molar-refractivity contribution is 0.581. The number of sulfonamides is 1. The van der Waals surface area contributed by atoms with E-state index in [9.17, 15) is 22.4 Å². The van der Waals surface area contributed by atoms with E-state index < -0.39 is 21.1 Å². The zero-order valence-corrected chi connectivity index (χ0v) is 15.6. The largest absolute Gasteiger partial charge is 0.316 e. The van der Waals surface area contributed by atoms with Gasteiger partial charge < -0.3 is 9.97 Å². The van der Waals surface area contributed by atoms with Gasteiger partial charge in [-0.2, -0.15) is 0 Å². The monoisotopic (exact) mass is 409 g/mol. The molecule has 0 radical (unpaired) electrons. The molecule has 0 fully saturated rings. The van der Waals surface area contributed by atoms with Gasteiger partial charge in [-0.1, -0.05) is 0 Å². The number of hydrogen-bond acceptors (Lipinski definition) is 5. The average Bonchev–Trinajstić information content (AvgIpc) is 2.63. The number of fused-ring (bicyclic) bond motifs is 1. The molecule has 0 amide bonds. The molecule has 7 nitrogen and oxygen atoms in total. The highest BCUT2D eigenvalue weighted by Crippen LogP contribution is 2.19. The third kappa shape index (κ3) is 4.85. The number of aromatic nitrogens is 2. The topological polar surface area (TPSA) is 112 Å². The number of hydrogen-bond donors (Lipinski definition) is 3. The molecule has 3 N–H and O–H groups in total. The molecule has 1 aromatic heterocycles. The Morgan fingerprint density at radius 2 is 1.63 bits per heavy atom. The molecule has 3 aromatic rings. The van der Waals surface area contributed by atoms with Crippen molar-refractivity contribution in [2.24, 2.45) is 0 Å². The van der Waals surface area contributed by atoms with Crippen LogP contribution in [0.25, 0.3) is 11.0 Å². The Bertz CT molecular complexity index is 1170. The van der Waals surface area contributed by atoms with Crippen LogP contribution in [0.2, 0.25) is 0 Å². The quantitative estimate of drug-likeness (QED) is 0.313. The summed E-state index contributed by atoms with van der Waals surface area (Å²) in [5.41, 5.74) is -1.07. The van der Waals surface area contributed by atoms with E-state index in [1.807, 2.05) is 0 Å². The number of thioether (sulfide) groups is 1. The number of rotatable bonds is 7. The SMILES string of the molecule is O=c1[nH]c2ccc(S(=O)(=O)NCCCSc3ccc(F)cc3)cc2[nH]c1=O. The molecular formula is C17H16FN3O4S2. The van der Waals surface area contributed by atoms with Gasteiger partial charge in [-0.3, -0.25) is 9.59 Å². The Balaban J connectivity index is 1.60. The maximum atomic E-state index is 12.8. The predicted octanol–water partition coefficient (Wildman–Crippen LogP) is 1.82. The fraction of sp³-hybridized carbons (Fsp3) is 0.176. The van der Waals surface area contributed by atoms with Crippen LogP contribution in [0.1, 0.15) is 6.42 Å². The van der Waals surface area contributed by atoms with Gasteiger partial charge in [-0.15, -0.1) is 11.8 Å². The first-order valence-electron chi connectivity index (χ1n) is 7.99. The van der Waals surface area contributed by atoms with Crippen molar-refractivity contribution in [3.8, 4) is 0 Å². The van der Waals surface area contributed by atoms with Gasteiger partial charge in [0.15, 0.2) is 0 Å². The highest BCUT2D eigenvalue weighted by Gasteiger charge is 2.14. The van der Waals surface area contributed by atoms with Crippen molar-refractivity contribution < 1.29 is 12.8 Å². The van der Waals surface area contributed by atoms with E-state index in [1.54, 1.807) is 12.1 Å². The lowest BCUT2D eigenvalue weighted by Gasteiger charge is -2.08. The lowest BCUT2D eigenvalue weighted by Crippen LogP contribution is -2.29. The molecule has 0 aliphatic carbocycles. The Kier molecular flexibility index (Phi) is 5.78. The first-order chi connectivity index (χ1) is 12.8. The van der Waals surface area contributed by atoms with Gasteiger partial charge >= 0.3 is 11.1 Å². The number of H-pyrrole nitrogens is 2. The normalized spacial score (nSPS) is 11.7. The van der Waals surface area contributed by atoms with Crippen LogP contribution < -0.4 is 15.8 Å². The van der Waals surface area contributed by atoms with Crippen molar-refractivity contribution in [2.75, 3.05) is 12.3 Å². The molecule has 10 heteroatoms. The minimum Gasteiger partial charge on any atom is -0.316 e. The predicted molar refractivity (Wildman–Crippen MR) is 102 cm³/mol. The van der Waals surface area contributed by atoms with Crippen molar-refractivity contribution in [1.29, 1.82) is 0 Å². The zero-order valence-electron chi connectivity index (χ0n) is 14.0. The van der Waals surface area contributed by atoms with E-state index in [2.05, 4.69) is 14.7 Å². The molecule has 0 spiro atoms. The van der Waals surface area contributed by atoms with Crippen molar-refractivity contribution in [1.82, 2.24) is 14.7 Å². The van der Waals surface area contributed by atoms with Gasteiger partial charge in [0.05, 0.1) is 15.9 Å². The minimum absolute atomic E-state index is 0.0103. The molecule has 27 heavy (non-hydrogen) atoms. The summed E-state index contributed by atoms with van der Waals surface area (Å²) in [5.74, 6) is 0.369. The molecule has 0 atom stereocenters. The van der Waals surface area contributed by atoms with Crippen LogP contribution in [0.4, 0.5) is 4.39 Å². The summed E-state index contributed by atoms with van der Waals surface area (Å²) in [7, 11) is -3.75. The standard InChI is InChI=1S/C17H16FN3O4S2/c18-11-2-4-12(5-3-11)26-9-1-8-19-27(24,25)13-6-7-14-15(10-13)21-17(23)16(22)20-14/h2-7,10,19H,1,8-9H2,(H,20,22)(H,21,23). The number of benzene rings is 2. The second kappa shape index (κ2) is 8.07. The minimum atomic E-state index is -3.75. The van der Waals surface area contributed by atoms with E-state index in [0.29, 0.717) is 17.7 Å². The molecule has 0 saturated carbocycles. The van der Waals surface area contributed by atoms with Crippen LogP contribution in [-0.4, -0.2) is 30.7 Å². The van der Waals surface area contributed by atoms with E-state index in [1.165, 1.54) is 42.1 Å². The average molecular weight is 409 g/mol. The molecular weight excluding hydrogens is 393 g/mol. The fourth-order valence-corrected chi connectivity index (χ4v) is 4.30. The summed E-state index contributed by atoms with van der Waals surface area (Å²) in [6, 6.07) is 10.2. The van der Waals surface area contributed by atoms with E-state index >= 15 is 0 Å². The molecule has 1 heterocycles. The summed E-state index contributed by atoms with van der Waals surface area (Å²) in [6.45, 7) is 0.233. The van der Waals surface area contributed by atoms with Crippen LogP contribution in [0.15, 0.2) is 61.8 Å². The van der Waals surface area contributed by atoms with Gasteiger partial charge in [0, 0.05) is 11.4 Å². The first-order valence-corrected chi connectivity index (χ1v) is 10.5. The third-order valence-corrected chi connectivity index (χ3v) is 6.26. The number of halogens is 1. The second-order valence-electron chi connectivity index (χ2n) is 5.67. The summed E-state index contributed by atoms with van der Waals surface area (Å²) < 4.78 is 40.1. The van der Waals surface area contributed by atoms with Crippen molar-refractivity contribution >= 4 is 32.8 Å². The Morgan fingerprint density at radius 1 is 0.963 bits per heavy atom. The highest BCUT2D eigenvalue weighted by atomic mass is 32.2. The first kappa shape index (κ1) is 19.3. The summed E-state index contributed by atoms with van der Waals surface area (Å²) in [6.07, 6.45) is 0.582. The third-order valence-electron chi connectivity index (χ3n) is 3.70. The van der Waals surface area contributed by atoms with Gasteiger partial charge in [-0.25, -0.2) is 17.5 Å². The van der Waals surface area contributed by atoms with Crippen molar-refractivity contribution in [3.63, 3.8) is 0 Å². The zero-order chi connectivity index (χ0) is 19.4. The van der Waals surface area contributed by atoms with Crippen LogP contribution in [0.3, 0.4) is 0 Å². The Hall–Kier alpha value is -2.43. The Labute approximate surface area is 158 Å². The molecule has 142 valence electrons. The van der Waals surface area contributed by atoms with Crippen LogP contribution in [0.5, 0.6) is 0 Å². The highest BCUT2D eigenvalue weighted by molar-refractivity contribution is 7.99. The van der Waals surface area contributed by atoms with E-state index in [0.717, 1.165) is 4.90 Å². The summed E-state index contributed by atoms with van der Waals surface area (Å²) in [5, 5.41) is 0. The van der Waals surface area contributed by atoms with Gasteiger partial charge in [0.25, 0.3) is 0 Å². The number of nitrogens with one attached hydrogen (secondary N) is 3. The van der Waals surface area contributed by atoms with Gasteiger partial charge in [0.1, 0.15) is 5.82 Å². The van der Waals surface area contributed by atoms with Crippen LogP contribution >= 0.6 is 11.8 Å². The maximum absolute atomic E-state index is 12.8. The fourth-order valence-electron chi connectivity index (χ4n) is 2.34. The Morgan fingerprint density at radius 3 is 2.33 bits per heavy atom. The van der Waals surface area contributed by atoms with E-state index in [4.69, 9.17) is 0 Å².